The number of hydrogen-bond acceptors (Lipinski definition) is 10. The van der Waals surface area contributed by atoms with Gasteiger partial charge in [0, 0.05) is 17.9 Å². The molecule has 1 N–H and O–H groups in total. The number of non-ortho nitro benzene ring substituents is 1. The number of benzene rings is 1. The van der Waals surface area contributed by atoms with Crippen LogP contribution in [0.5, 0.6) is 5.75 Å². The van der Waals surface area contributed by atoms with E-state index in [9.17, 15) is 23.3 Å². The van der Waals surface area contributed by atoms with Crippen LogP contribution in [0.4, 0.5) is 16.5 Å². The Labute approximate surface area is 182 Å². The van der Waals surface area contributed by atoms with E-state index in [-0.39, 0.29) is 22.3 Å². The first-order valence-corrected chi connectivity index (χ1v) is 12.2. The first kappa shape index (κ1) is 23.8. The lowest BCUT2D eigenvalue weighted by Crippen LogP contribution is -2.37. The van der Waals surface area contributed by atoms with Gasteiger partial charge in [0.2, 0.25) is 21.1 Å². The van der Waals surface area contributed by atoms with Crippen molar-refractivity contribution < 1.29 is 22.9 Å². The number of carbonyl (C=O) groups excluding carboxylic acids is 1. The lowest BCUT2D eigenvalue weighted by atomic mass is 10.2. The Morgan fingerprint density at radius 2 is 2.10 bits per heavy atom. The fourth-order valence-corrected chi connectivity index (χ4v) is 4.81. The molecule has 0 aliphatic heterocycles. The van der Waals surface area contributed by atoms with E-state index in [0.29, 0.717) is 10.3 Å². The van der Waals surface area contributed by atoms with E-state index in [4.69, 9.17) is 4.74 Å². The van der Waals surface area contributed by atoms with Gasteiger partial charge in [-0.25, -0.2) is 8.42 Å². The fraction of sp³-hybridized carbons (Fsp3) is 0.438. The summed E-state index contributed by atoms with van der Waals surface area (Å²) in [5.74, 6) is 0.703. The van der Waals surface area contributed by atoms with Gasteiger partial charge < -0.3 is 4.74 Å². The lowest BCUT2D eigenvalue weighted by molar-refractivity contribution is -0.384. The molecule has 0 saturated heterocycles. The van der Waals surface area contributed by atoms with Gasteiger partial charge in [0.15, 0.2) is 4.34 Å². The molecule has 0 radical (unpaired) electrons. The average molecular weight is 476 g/mol. The first-order chi connectivity index (χ1) is 14.0. The van der Waals surface area contributed by atoms with Crippen LogP contribution < -0.4 is 14.4 Å². The van der Waals surface area contributed by atoms with Gasteiger partial charge in [0.05, 0.1) is 18.3 Å². The van der Waals surface area contributed by atoms with Crippen molar-refractivity contribution in [3.63, 3.8) is 0 Å². The van der Waals surface area contributed by atoms with Crippen molar-refractivity contribution in [3.8, 4) is 5.75 Å². The normalized spacial score (nSPS) is 11.4. The number of nitro benzene ring substituents is 1. The molecule has 1 aromatic carbocycles. The fourth-order valence-electron chi connectivity index (χ4n) is 2.21. The number of hydrogen-bond donors (Lipinski definition) is 1. The third-order valence-corrected chi connectivity index (χ3v) is 7.05. The number of anilines is 2. The summed E-state index contributed by atoms with van der Waals surface area (Å²) >= 11 is 2.68. The molecular weight excluding hydrogens is 454 g/mol. The number of aromatic nitrogens is 2. The van der Waals surface area contributed by atoms with Crippen molar-refractivity contribution in [2.45, 2.75) is 18.2 Å². The van der Waals surface area contributed by atoms with Crippen LogP contribution in [0, 0.1) is 16.0 Å². The number of nitrogens with one attached hydrogen (secondary N) is 1. The molecule has 0 unspecified atom stereocenters. The van der Waals surface area contributed by atoms with Crippen LogP contribution in [0.25, 0.3) is 0 Å². The molecule has 0 atom stereocenters. The predicted molar refractivity (Wildman–Crippen MR) is 116 cm³/mol. The van der Waals surface area contributed by atoms with Gasteiger partial charge in [-0.2, -0.15) is 0 Å². The molecule has 1 heterocycles. The van der Waals surface area contributed by atoms with Crippen LogP contribution in [0.15, 0.2) is 22.5 Å². The number of nitro groups is 1. The third-order valence-electron chi connectivity index (χ3n) is 3.52. The molecule has 1 amide bonds. The standard InChI is InChI=1S/C16H21N5O6S3/c1-10(2)9-28-16-19-18-15(29-16)17-14(22)8-20(30(4,25)26)12-7-11(21(23)24)5-6-13(12)27-3/h5-7,10H,8-9H2,1-4H3,(H,17,18,22). The maximum absolute atomic E-state index is 12.5. The summed E-state index contributed by atoms with van der Waals surface area (Å²) < 4.78 is 31.2. The van der Waals surface area contributed by atoms with E-state index in [1.54, 1.807) is 0 Å². The number of nitrogens with zero attached hydrogens (tertiary/aromatic N) is 4. The van der Waals surface area contributed by atoms with Crippen LogP contribution in [-0.2, 0) is 14.8 Å². The molecule has 0 spiro atoms. The highest BCUT2D eigenvalue weighted by Crippen LogP contribution is 2.34. The van der Waals surface area contributed by atoms with E-state index in [1.165, 1.54) is 42.3 Å². The molecule has 164 valence electrons. The molecule has 0 saturated carbocycles. The Hall–Kier alpha value is -2.45. The van der Waals surface area contributed by atoms with E-state index in [2.05, 4.69) is 29.4 Å². The number of thioether (sulfide) groups is 1. The molecule has 2 rings (SSSR count). The number of ether oxygens (including phenoxy) is 1. The Kier molecular flexibility index (Phi) is 7.97. The number of rotatable bonds is 10. The summed E-state index contributed by atoms with van der Waals surface area (Å²) in [5, 5.41) is 21.7. The van der Waals surface area contributed by atoms with Crippen molar-refractivity contribution in [3.05, 3.63) is 28.3 Å². The second kappa shape index (κ2) is 10.0. The number of methoxy groups -OCH3 is 1. The van der Waals surface area contributed by atoms with Crippen molar-refractivity contribution in [1.29, 1.82) is 0 Å². The Balaban J connectivity index is 2.23. The van der Waals surface area contributed by atoms with E-state index in [1.807, 2.05) is 0 Å². The molecule has 14 heteroatoms. The summed E-state index contributed by atoms with van der Waals surface area (Å²) in [6.07, 6.45) is 0.893. The third kappa shape index (κ3) is 6.53. The summed E-state index contributed by atoms with van der Waals surface area (Å²) in [6, 6.07) is 3.49. The number of sulfonamides is 1. The van der Waals surface area contributed by atoms with Crippen LogP contribution in [-0.4, -0.2) is 55.1 Å². The zero-order valence-electron chi connectivity index (χ0n) is 16.7. The van der Waals surface area contributed by atoms with Gasteiger partial charge in [-0.3, -0.25) is 24.5 Å². The highest BCUT2D eigenvalue weighted by atomic mass is 32.2. The second-order valence-electron chi connectivity index (χ2n) is 6.51. The molecular formula is C16H21N5O6S3. The average Bonchev–Trinajstić information content (AvgIpc) is 3.10. The Bertz CT molecular complexity index is 1020. The van der Waals surface area contributed by atoms with Gasteiger partial charge in [0.1, 0.15) is 18.0 Å². The molecule has 1 aromatic heterocycles. The summed E-state index contributed by atoms with van der Waals surface area (Å²) in [6.45, 7) is 3.52. The Morgan fingerprint density at radius 1 is 1.40 bits per heavy atom. The van der Waals surface area contributed by atoms with Gasteiger partial charge in [-0.15, -0.1) is 10.2 Å². The highest BCUT2D eigenvalue weighted by Gasteiger charge is 2.26. The highest BCUT2D eigenvalue weighted by molar-refractivity contribution is 8.01. The zero-order valence-corrected chi connectivity index (χ0v) is 19.1. The maximum atomic E-state index is 12.5. The predicted octanol–water partition coefficient (Wildman–Crippen LogP) is 2.61. The topological polar surface area (TPSA) is 145 Å². The van der Waals surface area contributed by atoms with Gasteiger partial charge in [-0.1, -0.05) is 36.9 Å². The minimum absolute atomic E-state index is 0.0714. The summed E-state index contributed by atoms with van der Waals surface area (Å²) in [4.78, 5) is 22.9. The summed E-state index contributed by atoms with van der Waals surface area (Å²) in [5.41, 5.74) is -0.453. The quantitative estimate of drug-likeness (QED) is 0.237. The molecule has 30 heavy (non-hydrogen) atoms. The van der Waals surface area contributed by atoms with Crippen molar-refractivity contribution >= 4 is 55.5 Å². The molecule has 0 bridgehead atoms. The second-order valence-corrected chi connectivity index (χ2v) is 10.7. The Morgan fingerprint density at radius 3 is 2.67 bits per heavy atom. The smallest absolute Gasteiger partial charge is 0.271 e. The SMILES string of the molecule is COc1ccc([N+](=O)[O-])cc1N(CC(=O)Nc1nnc(SCC(C)C)s1)S(C)(=O)=O. The molecule has 11 nitrogen and oxygen atoms in total. The number of amides is 1. The van der Waals surface area contributed by atoms with Gasteiger partial charge >= 0.3 is 0 Å². The van der Waals surface area contributed by atoms with Crippen LogP contribution in [0.3, 0.4) is 0 Å². The zero-order chi connectivity index (χ0) is 22.5. The molecule has 0 aliphatic carbocycles. The van der Waals surface area contributed by atoms with Crippen molar-refractivity contribution in [2.24, 2.45) is 5.92 Å². The molecule has 0 fully saturated rings. The maximum Gasteiger partial charge on any atom is 0.271 e. The summed E-state index contributed by atoms with van der Waals surface area (Å²) in [7, 11) is -2.67. The van der Waals surface area contributed by atoms with E-state index in [0.717, 1.165) is 22.4 Å². The van der Waals surface area contributed by atoms with E-state index < -0.39 is 27.4 Å². The first-order valence-electron chi connectivity index (χ1n) is 8.57. The van der Waals surface area contributed by atoms with Crippen LogP contribution in [0.1, 0.15) is 13.8 Å². The lowest BCUT2D eigenvalue weighted by Gasteiger charge is -2.23. The van der Waals surface area contributed by atoms with Gasteiger partial charge in [0.25, 0.3) is 5.69 Å². The van der Waals surface area contributed by atoms with Gasteiger partial charge in [-0.05, 0) is 12.0 Å². The van der Waals surface area contributed by atoms with Crippen molar-refractivity contribution in [2.75, 3.05) is 35.3 Å². The molecule has 0 aliphatic rings. The monoisotopic (exact) mass is 475 g/mol. The van der Waals surface area contributed by atoms with Crippen molar-refractivity contribution in [1.82, 2.24) is 10.2 Å². The minimum Gasteiger partial charge on any atom is -0.495 e. The largest absolute Gasteiger partial charge is 0.495 e. The number of carbonyl (C=O) groups is 1. The van der Waals surface area contributed by atoms with Crippen LogP contribution in [0.2, 0.25) is 0 Å². The minimum atomic E-state index is -3.96. The van der Waals surface area contributed by atoms with E-state index >= 15 is 0 Å². The molecule has 2 aromatic rings. The van der Waals surface area contributed by atoms with Crippen LogP contribution >= 0.6 is 23.1 Å².